The van der Waals surface area contributed by atoms with Crippen LogP contribution in [-0.4, -0.2) is 18.9 Å². The van der Waals surface area contributed by atoms with Gasteiger partial charge in [-0.15, -0.1) is 6.58 Å². The van der Waals surface area contributed by atoms with Gasteiger partial charge in [-0.1, -0.05) is 66.2 Å². The number of alkyl halides is 1. The lowest BCUT2D eigenvalue weighted by Crippen LogP contribution is -1.92. The highest BCUT2D eigenvalue weighted by atomic mass is 35.5. The summed E-state index contributed by atoms with van der Waals surface area (Å²) in [5, 5.41) is 10.4. The Morgan fingerprint density at radius 2 is 1.75 bits per heavy atom. The van der Waals surface area contributed by atoms with Crippen LogP contribution in [0.2, 0.25) is 10.0 Å². The normalized spacial score (nSPS) is 9.38. The van der Waals surface area contributed by atoms with Crippen LogP contribution in [0.15, 0.2) is 67.8 Å². The SMILES string of the molecule is C=CCOc1ccccc1Cl.C=CCc1cccc(Cl)c1O.[2H]CF. The van der Waals surface area contributed by atoms with Crippen molar-refractivity contribution in [2.75, 3.05) is 13.8 Å². The summed E-state index contributed by atoms with van der Waals surface area (Å²) in [7, 11) is -1.00. The van der Waals surface area contributed by atoms with Crippen LogP contribution in [-0.2, 0) is 6.42 Å². The predicted molar refractivity (Wildman–Crippen MR) is 101 cm³/mol. The highest BCUT2D eigenvalue weighted by Crippen LogP contribution is 2.27. The second kappa shape index (κ2) is 13.5. The van der Waals surface area contributed by atoms with Crippen LogP contribution in [0.25, 0.3) is 0 Å². The molecule has 2 aromatic carbocycles. The first-order valence-electron chi connectivity index (χ1n) is 7.63. The van der Waals surface area contributed by atoms with Gasteiger partial charge in [0, 0.05) is 0 Å². The molecule has 24 heavy (non-hydrogen) atoms. The molecule has 0 fully saturated rings. The van der Waals surface area contributed by atoms with Crippen LogP contribution in [0.4, 0.5) is 4.39 Å². The Hall–Kier alpha value is -1.97. The van der Waals surface area contributed by atoms with Crippen molar-refractivity contribution in [2.24, 2.45) is 0 Å². The number of para-hydroxylation sites is 2. The number of ether oxygens (including phenoxy) is 1. The van der Waals surface area contributed by atoms with Gasteiger partial charge in [0.25, 0.3) is 0 Å². The monoisotopic (exact) mass is 371 g/mol. The van der Waals surface area contributed by atoms with E-state index in [1.807, 2.05) is 24.3 Å². The first kappa shape index (κ1) is 20.1. The first-order chi connectivity index (χ1) is 12.0. The molecule has 0 atom stereocenters. The third-order valence-electron chi connectivity index (χ3n) is 2.63. The van der Waals surface area contributed by atoms with Crippen LogP contribution in [0.1, 0.15) is 6.93 Å². The van der Waals surface area contributed by atoms with E-state index in [0.717, 1.165) is 5.56 Å². The van der Waals surface area contributed by atoms with E-state index in [1.54, 1.807) is 30.4 Å². The van der Waals surface area contributed by atoms with Gasteiger partial charge in [-0.05, 0) is 30.2 Å². The standard InChI is InChI=1S/2C9H9ClO.CH3F/c1-2-7-11-9-6-4-3-5-8(9)10;1-2-4-7-5-3-6-8(10)9(7)11;1-2/h2-6H,1,7H2;2-3,5-6,11H,1,4H2;1H3/i;;1D. The Kier molecular flexibility index (Phi) is 11.3. The Labute approximate surface area is 154 Å². The average Bonchev–Trinajstić information content (AvgIpc) is 2.60. The van der Waals surface area contributed by atoms with Crippen LogP contribution in [0, 0.1) is 0 Å². The second-order valence-corrected chi connectivity index (χ2v) is 5.08. The molecular formula is C19H21Cl2FO2. The minimum Gasteiger partial charge on any atom is -0.506 e. The molecule has 2 rings (SSSR count). The molecule has 1 N–H and O–H groups in total. The van der Waals surface area contributed by atoms with Gasteiger partial charge in [-0.3, -0.25) is 4.39 Å². The molecule has 130 valence electrons. The third kappa shape index (κ3) is 8.04. The lowest BCUT2D eigenvalue weighted by atomic mass is 10.1. The fourth-order valence-electron chi connectivity index (χ4n) is 1.59. The van der Waals surface area contributed by atoms with E-state index in [1.165, 1.54) is 0 Å². The summed E-state index contributed by atoms with van der Waals surface area (Å²) in [6.07, 6.45) is 4.06. The van der Waals surface area contributed by atoms with Crippen molar-refractivity contribution in [3.05, 3.63) is 83.4 Å². The topological polar surface area (TPSA) is 29.5 Å². The number of benzene rings is 2. The lowest BCUT2D eigenvalue weighted by molar-refractivity contribution is 0.363. The van der Waals surface area contributed by atoms with Gasteiger partial charge in [0.15, 0.2) is 0 Å². The maximum Gasteiger partial charge on any atom is 0.138 e. The molecule has 0 radical (unpaired) electrons. The molecule has 0 saturated carbocycles. The zero-order chi connectivity index (χ0) is 19.1. The van der Waals surface area contributed by atoms with E-state index in [9.17, 15) is 9.50 Å². The molecule has 0 bridgehead atoms. The highest BCUT2D eigenvalue weighted by Gasteiger charge is 2.01. The molecule has 2 aromatic rings. The van der Waals surface area contributed by atoms with Gasteiger partial charge in [0.1, 0.15) is 18.1 Å². The van der Waals surface area contributed by atoms with Gasteiger partial charge in [-0.2, -0.15) is 0 Å². The van der Waals surface area contributed by atoms with Crippen molar-refractivity contribution in [3.63, 3.8) is 0 Å². The van der Waals surface area contributed by atoms with Crippen LogP contribution in [0.3, 0.4) is 0 Å². The molecule has 0 heterocycles. The van der Waals surface area contributed by atoms with Crippen molar-refractivity contribution in [3.8, 4) is 11.5 Å². The Morgan fingerprint density at radius 1 is 1.12 bits per heavy atom. The number of hydrogen-bond acceptors (Lipinski definition) is 2. The maximum absolute atomic E-state index is 9.96. The van der Waals surface area contributed by atoms with Gasteiger partial charge in [0.05, 0.1) is 18.6 Å². The van der Waals surface area contributed by atoms with Gasteiger partial charge >= 0.3 is 0 Å². The minimum atomic E-state index is -1.00. The van der Waals surface area contributed by atoms with Gasteiger partial charge in [-0.25, -0.2) is 0 Å². The van der Waals surface area contributed by atoms with Gasteiger partial charge in [0.2, 0.25) is 0 Å². The van der Waals surface area contributed by atoms with Crippen molar-refractivity contribution in [1.82, 2.24) is 0 Å². The van der Waals surface area contributed by atoms with E-state index in [2.05, 4.69) is 13.2 Å². The first-order valence-corrected chi connectivity index (χ1v) is 7.68. The smallest absolute Gasteiger partial charge is 0.138 e. The van der Waals surface area contributed by atoms with Crippen LogP contribution in [0.5, 0.6) is 11.5 Å². The molecule has 5 heteroatoms. The molecule has 0 aliphatic rings. The number of aromatic hydroxyl groups is 1. The van der Waals surface area contributed by atoms with Crippen molar-refractivity contribution < 1.29 is 15.6 Å². The maximum atomic E-state index is 9.96. The number of phenolic OH excluding ortho intramolecular Hbond substituents is 1. The van der Waals surface area contributed by atoms with Gasteiger partial charge < -0.3 is 9.84 Å². The summed E-state index contributed by atoms with van der Waals surface area (Å²) in [4.78, 5) is 0. The van der Waals surface area contributed by atoms with Crippen LogP contribution < -0.4 is 4.74 Å². The van der Waals surface area contributed by atoms with Crippen molar-refractivity contribution in [1.29, 1.82) is 0 Å². The summed E-state index contributed by atoms with van der Waals surface area (Å²) in [6, 6.07) is 12.6. The summed E-state index contributed by atoms with van der Waals surface area (Å²) in [6.45, 7) is 7.60. The van der Waals surface area contributed by atoms with E-state index < -0.39 is 7.15 Å². The van der Waals surface area contributed by atoms with Crippen molar-refractivity contribution in [2.45, 2.75) is 6.42 Å². The summed E-state index contributed by atoms with van der Waals surface area (Å²) >= 11 is 11.5. The zero-order valence-electron chi connectivity index (χ0n) is 14.2. The van der Waals surface area contributed by atoms with Crippen LogP contribution >= 0.6 is 23.2 Å². The Bertz CT molecular complexity index is 651. The third-order valence-corrected chi connectivity index (χ3v) is 3.25. The summed E-state index contributed by atoms with van der Waals surface area (Å²) in [5.41, 5.74) is 0.813. The summed E-state index contributed by atoms with van der Waals surface area (Å²) in [5.74, 6) is 0.864. The number of allylic oxidation sites excluding steroid dienone is 1. The molecule has 0 amide bonds. The predicted octanol–water partition coefficient (Wildman–Crippen LogP) is 6.26. The lowest BCUT2D eigenvalue weighted by Gasteiger charge is -2.03. The molecule has 0 saturated heterocycles. The van der Waals surface area contributed by atoms with E-state index in [-0.39, 0.29) is 5.75 Å². The zero-order valence-corrected chi connectivity index (χ0v) is 14.7. The molecule has 0 spiro atoms. The molecule has 0 unspecified atom stereocenters. The number of halogens is 3. The second-order valence-electron chi connectivity index (χ2n) is 4.27. The Balaban J connectivity index is 0.000000399. The number of rotatable bonds is 5. The van der Waals surface area contributed by atoms with E-state index in [0.29, 0.717) is 28.8 Å². The molecule has 2 nitrogen and oxygen atoms in total. The minimum absolute atomic E-state index is 0.161. The fraction of sp³-hybridized carbons (Fsp3) is 0.158. The highest BCUT2D eigenvalue weighted by molar-refractivity contribution is 6.32. The molecule has 0 aliphatic heterocycles. The number of phenols is 1. The average molecular weight is 372 g/mol. The molecule has 0 aliphatic carbocycles. The molecule has 0 aromatic heterocycles. The summed E-state index contributed by atoms with van der Waals surface area (Å²) < 4.78 is 20.7. The van der Waals surface area contributed by atoms with E-state index in [4.69, 9.17) is 29.3 Å². The molecular weight excluding hydrogens is 350 g/mol. The number of hydrogen-bond donors (Lipinski definition) is 1. The largest absolute Gasteiger partial charge is 0.506 e. The quantitative estimate of drug-likeness (QED) is 0.628. The van der Waals surface area contributed by atoms with Crippen molar-refractivity contribution >= 4 is 23.2 Å². The Morgan fingerprint density at radius 3 is 2.33 bits per heavy atom. The fourth-order valence-corrected chi connectivity index (χ4v) is 1.98. The van der Waals surface area contributed by atoms with E-state index >= 15 is 0 Å².